The van der Waals surface area contributed by atoms with E-state index in [1.54, 1.807) is 61.7 Å². The summed E-state index contributed by atoms with van der Waals surface area (Å²) in [4.78, 5) is 38.9. The van der Waals surface area contributed by atoms with E-state index in [2.05, 4.69) is 10.6 Å². The van der Waals surface area contributed by atoms with Crippen molar-refractivity contribution in [3.63, 3.8) is 0 Å². The lowest BCUT2D eigenvalue weighted by atomic mass is 10.1. The molecule has 1 aromatic rings. The molecule has 3 amide bonds. The van der Waals surface area contributed by atoms with Crippen LogP contribution in [0.5, 0.6) is 0 Å². The Morgan fingerprint density at radius 2 is 2.03 bits per heavy atom. The van der Waals surface area contributed by atoms with E-state index in [1.165, 1.54) is 0 Å². The van der Waals surface area contributed by atoms with Crippen LogP contribution in [0.3, 0.4) is 0 Å². The summed E-state index contributed by atoms with van der Waals surface area (Å²) >= 11 is 1.70. The largest absolute Gasteiger partial charge is 0.444 e. The number of ether oxygens (including phenoxy) is 1. The minimum Gasteiger partial charge on any atom is -0.444 e. The third-order valence-electron chi connectivity index (χ3n) is 4.41. The molecule has 0 unspecified atom stereocenters. The number of thioether (sulfide) groups is 1. The van der Waals surface area contributed by atoms with Crippen LogP contribution in [0.25, 0.3) is 0 Å². The minimum absolute atomic E-state index is 0.0883. The Bertz CT molecular complexity index is 745. The molecule has 4 N–H and O–H groups in total. The molecular weight excluding hydrogens is 404 g/mol. The number of alkyl carbamates (subject to hydrolysis) is 1. The molecule has 1 fully saturated rings. The predicted octanol–water partition coefficient (Wildman–Crippen LogP) is 2.60. The van der Waals surface area contributed by atoms with Gasteiger partial charge in [0, 0.05) is 30.1 Å². The Labute approximate surface area is 182 Å². The van der Waals surface area contributed by atoms with E-state index < -0.39 is 17.7 Å². The zero-order valence-electron chi connectivity index (χ0n) is 17.9. The van der Waals surface area contributed by atoms with Crippen LogP contribution in [-0.4, -0.2) is 59.2 Å². The number of hydrogen-bond donors (Lipinski definition) is 3. The van der Waals surface area contributed by atoms with E-state index >= 15 is 0 Å². The lowest BCUT2D eigenvalue weighted by Gasteiger charge is -2.26. The molecule has 0 aromatic heterocycles. The molecule has 0 bridgehead atoms. The van der Waals surface area contributed by atoms with Crippen molar-refractivity contribution in [3.05, 3.63) is 29.8 Å². The Hall–Kier alpha value is -2.42. The smallest absolute Gasteiger partial charge is 0.408 e. The van der Waals surface area contributed by atoms with Gasteiger partial charge in [0.05, 0.1) is 5.88 Å². The van der Waals surface area contributed by atoms with Crippen LogP contribution in [0.4, 0.5) is 10.5 Å². The summed E-state index contributed by atoms with van der Waals surface area (Å²) in [6.45, 7) is 6.50. The highest BCUT2D eigenvalue weighted by Crippen LogP contribution is 2.17. The van der Waals surface area contributed by atoms with Gasteiger partial charge in [0.1, 0.15) is 11.6 Å². The molecule has 0 saturated carbocycles. The van der Waals surface area contributed by atoms with E-state index in [-0.39, 0.29) is 11.8 Å². The molecule has 2 rings (SSSR count). The zero-order valence-corrected chi connectivity index (χ0v) is 18.7. The number of nitrogens with one attached hydrogen (secondary N) is 2. The fraction of sp³-hybridized carbons (Fsp3) is 0.571. The van der Waals surface area contributed by atoms with E-state index in [4.69, 9.17) is 10.5 Å². The molecule has 30 heavy (non-hydrogen) atoms. The van der Waals surface area contributed by atoms with Crippen molar-refractivity contribution >= 4 is 35.4 Å². The van der Waals surface area contributed by atoms with Crippen molar-refractivity contribution in [2.24, 2.45) is 0 Å². The summed E-state index contributed by atoms with van der Waals surface area (Å²) in [6.07, 6.45) is 1.24. The highest BCUT2D eigenvalue weighted by molar-refractivity contribution is 7.99. The molecule has 1 aliphatic rings. The standard InChI is InChI=1S/C21H32N4O4S/c1-21(2,3)29-20(28)24-17(19(27)25-11-12-30-14-25)9-4-5-10-23-18(26)15-7-6-8-16(22)13-15/h6-8,13,17H,4-5,9-12,14,22H2,1-3H3,(H,23,26)(H,24,28)/t17-/m0/s1. The number of carbonyl (C=O) groups excluding carboxylic acids is 3. The maximum Gasteiger partial charge on any atom is 0.408 e. The Morgan fingerprint density at radius 3 is 2.67 bits per heavy atom. The normalized spacial score (nSPS) is 14.8. The number of carbonyl (C=O) groups is 3. The zero-order chi connectivity index (χ0) is 22.1. The van der Waals surface area contributed by atoms with Gasteiger partial charge in [-0.1, -0.05) is 6.07 Å². The van der Waals surface area contributed by atoms with Crippen LogP contribution in [0.2, 0.25) is 0 Å². The summed E-state index contributed by atoms with van der Waals surface area (Å²) < 4.78 is 5.31. The second kappa shape index (κ2) is 11.1. The maximum atomic E-state index is 12.8. The van der Waals surface area contributed by atoms with Crippen molar-refractivity contribution in [1.82, 2.24) is 15.5 Å². The van der Waals surface area contributed by atoms with Gasteiger partial charge in [-0.05, 0) is 58.2 Å². The van der Waals surface area contributed by atoms with Gasteiger partial charge in [0.15, 0.2) is 0 Å². The Kier molecular flexibility index (Phi) is 8.83. The summed E-state index contributed by atoms with van der Waals surface area (Å²) in [5.74, 6) is 1.27. The fourth-order valence-electron chi connectivity index (χ4n) is 2.97. The maximum absolute atomic E-state index is 12.8. The summed E-state index contributed by atoms with van der Waals surface area (Å²) in [7, 11) is 0. The van der Waals surface area contributed by atoms with Crippen molar-refractivity contribution in [3.8, 4) is 0 Å². The third kappa shape index (κ3) is 8.14. The van der Waals surface area contributed by atoms with Crippen LogP contribution in [0.15, 0.2) is 24.3 Å². The van der Waals surface area contributed by atoms with Gasteiger partial charge in [-0.25, -0.2) is 4.79 Å². The minimum atomic E-state index is -0.636. The molecule has 166 valence electrons. The van der Waals surface area contributed by atoms with Crippen LogP contribution < -0.4 is 16.4 Å². The third-order valence-corrected chi connectivity index (χ3v) is 5.37. The van der Waals surface area contributed by atoms with Crippen LogP contribution >= 0.6 is 11.8 Å². The van der Waals surface area contributed by atoms with Crippen molar-refractivity contribution < 1.29 is 19.1 Å². The average molecular weight is 437 g/mol. The summed E-state index contributed by atoms with van der Waals surface area (Å²) in [5, 5.41) is 5.57. The number of amides is 3. The van der Waals surface area contributed by atoms with Crippen molar-refractivity contribution in [2.45, 2.75) is 51.7 Å². The van der Waals surface area contributed by atoms with Gasteiger partial charge in [-0.15, -0.1) is 11.8 Å². The van der Waals surface area contributed by atoms with E-state index in [9.17, 15) is 14.4 Å². The molecule has 0 radical (unpaired) electrons. The van der Waals surface area contributed by atoms with Crippen molar-refractivity contribution in [2.75, 3.05) is 30.5 Å². The molecule has 1 saturated heterocycles. The highest BCUT2D eigenvalue weighted by atomic mass is 32.2. The van der Waals surface area contributed by atoms with E-state index in [0.29, 0.717) is 49.5 Å². The van der Waals surface area contributed by atoms with Crippen molar-refractivity contribution in [1.29, 1.82) is 0 Å². The molecule has 1 atom stereocenters. The number of nitrogens with zero attached hydrogens (tertiary/aromatic N) is 1. The molecule has 1 aromatic carbocycles. The highest BCUT2D eigenvalue weighted by Gasteiger charge is 2.29. The molecule has 1 aliphatic heterocycles. The molecular formula is C21H32N4O4S. The second-order valence-corrected chi connectivity index (χ2v) is 9.29. The molecule has 0 aliphatic carbocycles. The van der Waals surface area contributed by atoms with Crippen LogP contribution in [-0.2, 0) is 9.53 Å². The SMILES string of the molecule is CC(C)(C)OC(=O)N[C@@H](CCCCNC(=O)c1cccc(N)c1)C(=O)N1CCSC1. The number of unbranched alkanes of at least 4 members (excludes halogenated alkanes) is 1. The van der Waals surface area contributed by atoms with Gasteiger partial charge < -0.3 is 26.0 Å². The van der Waals surface area contributed by atoms with Gasteiger partial charge >= 0.3 is 6.09 Å². The first-order valence-electron chi connectivity index (χ1n) is 10.2. The topological polar surface area (TPSA) is 114 Å². The summed E-state index contributed by atoms with van der Waals surface area (Å²) in [5.41, 5.74) is 6.12. The summed E-state index contributed by atoms with van der Waals surface area (Å²) in [6, 6.07) is 6.16. The first-order valence-corrected chi connectivity index (χ1v) is 11.3. The predicted molar refractivity (Wildman–Crippen MR) is 119 cm³/mol. The van der Waals surface area contributed by atoms with Crippen LogP contribution in [0, 0.1) is 0 Å². The molecule has 9 heteroatoms. The first kappa shape index (κ1) is 23.9. The van der Waals surface area contributed by atoms with Gasteiger partial charge in [0.2, 0.25) is 5.91 Å². The quantitative estimate of drug-likeness (QED) is 0.426. The first-order chi connectivity index (χ1) is 14.2. The second-order valence-electron chi connectivity index (χ2n) is 8.21. The number of rotatable bonds is 8. The molecule has 1 heterocycles. The van der Waals surface area contributed by atoms with Crippen LogP contribution in [0.1, 0.15) is 50.4 Å². The Morgan fingerprint density at radius 1 is 1.27 bits per heavy atom. The fourth-order valence-corrected chi connectivity index (χ4v) is 3.93. The van der Waals surface area contributed by atoms with Gasteiger partial charge in [-0.2, -0.15) is 0 Å². The lowest BCUT2D eigenvalue weighted by molar-refractivity contribution is -0.132. The number of nitrogens with two attached hydrogens (primary N) is 1. The number of nitrogen functional groups attached to an aromatic ring is 1. The molecule has 8 nitrogen and oxygen atoms in total. The average Bonchev–Trinajstić information content (AvgIpc) is 3.19. The van der Waals surface area contributed by atoms with E-state index in [0.717, 1.165) is 5.75 Å². The number of hydrogen-bond acceptors (Lipinski definition) is 6. The monoisotopic (exact) mass is 436 g/mol. The Balaban J connectivity index is 1.82. The number of benzene rings is 1. The number of anilines is 1. The van der Waals surface area contributed by atoms with Gasteiger partial charge in [0.25, 0.3) is 5.91 Å². The van der Waals surface area contributed by atoms with Gasteiger partial charge in [-0.3, -0.25) is 9.59 Å². The molecule has 0 spiro atoms. The van der Waals surface area contributed by atoms with E-state index in [1.807, 2.05) is 0 Å². The lowest BCUT2D eigenvalue weighted by Crippen LogP contribution is -2.49.